The Morgan fingerprint density at radius 2 is 2.37 bits per heavy atom. The maximum absolute atomic E-state index is 12.1. The predicted molar refractivity (Wildman–Crippen MR) is 69.3 cm³/mol. The van der Waals surface area contributed by atoms with Crippen LogP contribution in [-0.2, 0) is 0 Å². The summed E-state index contributed by atoms with van der Waals surface area (Å²) < 4.78 is 0. The second-order valence-electron chi connectivity index (χ2n) is 4.87. The quantitative estimate of drug-likeness (QED) is 0.698. The number of amides is 1. The zero-order valence-electron chi connectivity index (χ0n) is 10.8. The molecule has 1 unspecified atom stereocenters. The highest BCUT2D eigenvalue weighted by Crippen LogP contribution is 2.21. The Balaban J connectivity index is 2.08. The third-order valence-corrected chi connectivity index (χ3v) is 3.03. The first kappa shape index (κ1) is 13.5. The van der Waals surface area contributed by atoms with Crippen LogP contribution in [0.15, 0.2) is 18.3 Å². The Bertz CT molecular complexity index is 526. The van der Waals surface area contributed by atoms with Crippen LogP contribution in [0.1, 0.15) is 29.4 Å². The number of aliphatic hydroxyl groups is 2. The number of hydrogen-bond donors (Lipinski definition) is 2. The number of pyridine rings is 1. The second-order valence-corrected chi connectivity index (χ2v) is 4.87. The zero-order valence-corrected chi connectivity index (χ0v) is 10.8. The Labute approximate surface area is 111 Å². The molecular weight excluding hydrogens is 244 g/mol. The molecule has 0 aliphatic carbocycles. The van der Waals surface area contributed by atoms with E-state index >= 15 is 0 Å². The van der Waals surface area contributed by atoms with Gasteiger partial charge in [-0.15, -0.1) is 0 Å². The van der Waals surface area contributed by atoms with Gasteiger partial charge in [0.15, 0.2) is 0 Å². The summed E-state index contributed by atoms with van der Waals surface area (Å²) in [6.07, 6.45) is 2.09. The summed E-state index contributed by atoms with van der Waals surface area (Å²) in [4.78, 5) is 17.8. The van der Waals surface area contributed by atoms with Crippen LogP contribution in [0.2, 0.25) is 0 Å². The van der Waals surface area contributed by atoms with Crippen molar-refractivity contribution in [3.63, 3.8) is 0 Å². The lowest BCUT2D eigenvalue weighted by molar-refractivity contribution is 0.0569. The zero-order chi connectivity index (χ0) is 13.9. The van der Waals surface area contributed by atoms with E-state index in [0.717, 1.165) is 0 Å². The molecule has 5 nitrogen and oxygen atoms in total. The van der Waals surface area contributed by atoms with Gasteiger partial charge in [-0.05, 0) is 25.5 Å². The fourth-order valence-electron chi connectivity index (χ4n) is 2.02. The molecule has 0 spiro atoms. The summed E-state index contributed by atoms with van der Waals surface area (Å²) in [6.45, 7) is 2.39. The number of aliphatic hydroxyl groups excluding tert-OH is 1. The van der Waals surface area contributed by atoms with Crippen molar-refractivity contribution in [2.45, 2.75) is 18.9 Å². The number of hydrogen-bond acceptors (Lipinski definition) is 4. The van der Waals surface area contributed by atoms with Crippen LogP contribution < -0.4 is 0 Å². The van der Waals surface area contributed by atoms with Crippen molar-refractivity contribution in [2.24, 2.45) is 0 Å². The van der Waals surface area contributed by atoms with Crippen LogP contribution in [-0.4, -0.2) is 51.3 Å². The van der Waals surface area contributed by atoms with E-state index in [1.54, 1.807) is 24.0 Å². The largest absolute Gasteiger partial charge is 0.388 e. The molecule has 2 rings (SSSR count). The van der Waals surface area contributed by atoms with Gasteiger partial charge in [0.1, 0.15) is 12.3 Å². The molecule has 1 aliphatic heterocycles. The van der Waals surface area contributed by atoms with E-state index in [1.165, 1.54) is 6.20 Å². The van der Waals surface area contributed by atoms with Crippen molar-refractivity contribution in [1.29, 1.82) is 0 Å². The van der Waals surface area contributed by atoms with E-state index in [9.17, 15) is 9.90 Å². The molecule has 5 heteroatoms. The molecule has 2 heterocycles. The topological polar surface area (TPSA) is 73.7 Å². The van der Waals surface area contributed by atoms with Crippen LogP contribution in [0.3, 0.4) is 0 Å². The maximum Gasteiger partial charge on any atom is 0.272 e. The summed E-state index contributed by atoms with van der Waals surface area (Å²) in [5, 5.41) is 18.4. The monoisotopic (exact) mass is 260 g/mol. The third-order valence-electron chi connectivity index (χ3n) is 3.03. The van der Waals surface area contributed by atoms with Gasteiger partial charge in [0.2, 0.25) is 0 Å². The molecule has 2 N–H and O–H groups in total. The molecule has 0 aromatic carbocycles. The minimum Gasteiger partial charge on any atom is -0.388 e. The smallest absolute Gasteiger partial charge is 0.272 e. The van der Waals surface area contributed by atoms with Gasteiger partial charge in [0.05, 0.1) is 5.60 Å². The van der Waals surface area contributed by atoms with Crippen LogP contribution in [0, 0.1) is 11.8 Å². The van der Waals surface area contributed by atoms with E-state index in [2.05, 4.69) is 16.8 Å². The standard InChI is InChI=1S/C14H16N2O3/c1-14(19)6-7-16(10-14)13(18)12-5-4-11(9-15-12)3-2-8-17/h4-5,9,17,19H,6-8,10H2,1H3. The Kier molecular flexibility index (Phi) is 3.84. The minimum atomic E-state index is -0.803. The molecule has 19 heavy (non-hydrogen) atoms. The van der Waals surface area contributed by atoms with Crippen molar-refractivity contribution >= 4 is 5.91 Å². The van der Waals surface area contributed by atoms with Gasteiger partial charge in [-0.3, -0.25) is 4.79 Å². The summed E-state index contributed by atoms with van der Waals surface area (Å²) in [7, 11) is 0. The molecular formula is C14H16N2O3. The summed E-state index contributed by atoms with van der Waals surface area (Å²) in [6, 6.07) is 3.30. The first-order valence-electron chi connectivity index (χ1n) is 6.09. The predicted octanol–water partition coefficient (Wildman–Crippen LogP) is 0.0223. The molecule has 1 aliphatic rings. The van der Waals surface area contributed by atoms with Gasteiger partial charge >= 0.3 is 0 Å². The summed E-state index contributed by atoms with van der Waals surface area (Å²) >= 11 is 0. The summed E-state index contributed by atoms with van der Waals surface area (Å²) in [5.41, 5.74) is 0.189. The Hall–Kier alpha value is -1.90. The molecule has 1 atom stereocenters. The Morgan fingerprint density at radius 1 is 1.58 bits per heavy atom. The highest BCUT2D eigenvalue weighted by Gasteiger charge is 2.34. The van der Waals surface area contributed by atoms with Crippen molar-refractivity contribution in [2.75, 3.05) is 19.7 Å². The SMILES string of the molecule is CC1(O)CCN(C(=O)c2ccc(C#CCO)cn2)C1. The first-order chi connectivity index (χ1) is 9.02. The number of carbonyl (C=O) groups is 1. The minimum absolute atomic E-state index is 0.181. The van der Waals surface area contributed by atoms with E-state index in [0.29, 0.717) is 30.8 Å². The van der Waals surface area contributed by atoms with Crippen LogP contribution in [0.25, 0.3) is 0 Å². The van der Waals surface area contributed by atoms with Gasteiger partial charge in [0, 0.05) is 24.8 Å². The fraction of sp³-hybridized carbons (Fsp3) is 0.429. The molecule has 0 radical (unpaired) electrons. The highest BCUT2D eigenvalue weighted by atomic mass is 16.3. The first-order valence-corrected chi connectivity index (χ1v) is 6.09. The van der Waals surface area contributed by atoms with Gasteiger partial charge in [-0.1, -0.05) is 11.8 Å². The van der Waals surface area contributed by atoms with E-state index < -0.39 is 5.60 Å². The van der Waals surface area contributed by atoms with Gasteiger partial charge < -0.3 is 15.1 Å². The van der Waals surface area contributed by atoms with Crippen LogP contribution in [0.4, 0.5) is 0 Å². The third kappa shape index (κ3) is 3.31. The van der Waals surface area contributed by atoms with Gasteiger partial charge in [-0.25, -0.2) is 4.98 Å². The highest BCUT2D eigenvalue weighted by molar-refractivity contribution is 5.92. The number of β-amino-alcohol motifs (C(OH)–C–C–N with tert-alkyl or cyclic N) is 1. The van der Waals surface area contributed by atoms with Crippen LogP contribution in [0.5, 0.6) is 0 Å². The van der Waals surface area contributed by atoms with Gasteiger partial charge in [-0.2, -0.15) is 0 Å². The van der Waals surface area contributed by atoms with Gasteiger partial charge in [0.25, 0.3) is 5.91 Å². The van der Waals surface area contributed by atoms with Crippen molar-refractivity contribution in [1.82, 2.24) is 9.88 Å². The van der Waals surface area contributed by atoms with E-state index in [-0.39, 0.29) is 12.5 Å². The summed E-state index contributed by atoms with van der Waals surface area (Å²) in [5.74, 6) is 5.05. The molecule has 1 aromatic rings. The molecule has 0 bridgehead atoms. The number of rotatable bonds is 1. The van der Waals surface area contributed by atoms with Crippen LogP contribution >= 0.6 is 0 Å². The lowest BCUT2D eigenvalue weighted by Gasteiger charge is -2.18. The number of nitrogens with zero attached hydrogens (tertiary/aromatic N) is 2. The molecule has 1 saturated heterocycles. The number of aromatic nitrogens is 1. The number of carbonyl (C=O) groups excluding carboxylic acids is 1. The van der Waals surface area contributed by atoms with Crippen molar-refractivity contribution in [3.05, 3.63) is 29.6 Å². The maximum atomic E-state index is 12.1. The normalized spacial score (nSPS) is 21.9. The fourth-order valence-corrected chi connectivity index (χ4v) is 2.02. The molecule has 1 amide bonds. The average molecular weight is 260 g/mol. The molecule has 0 saturated carbocycles. The lowest BCUT2D eigenvalue weighted by Crippen LogP contribution is -2.34. The molecule has 100 valence electrons. The van der Waals surface area contributed by atoms with Crippen molar-refractivity contribution < 1.29 is 15.0 Å². The van der Waals surface area contributed by atoms with E-state index in [4.69, 9.17) is 5.11 Å². The molecule has 1 fully saturated rings. The Morgan fingerprint density at radius 3 is 2.89 bits per heavy atom. The second kappa shape index (κ2) is 5.39. The molecule has 1 aromatic heterocycles. The van der Waals surface area contributed by atoms with Crippen molar-refractivity contribution in [3.8, 4) is 11.8 Å². The number of likely N-dealkylation sites (tertiary alicyclic amines) is 1. The average Bonchev–Trinajstić information content (AvgIpc) is 2.76. The lowest BCUT2D eigenvalue weighted by atomic mass is 10.1. The van der Waals surface area contributed by atoms with E-state index in [1.807, 2.05) is 0 Å².